The SMILES string of the molecule is O=C(CNC1CC1)NCC1CCC2(CC1)OOC1(O2)C2CC3CC(C2)CC1C3. The van der Waals surface area contributed by atoms with Gasteiger partial charge in [-0.1, -0.05) is 0 Å². The number of rotatable bonds is 5. The molecule has 7 aliphatic rings. The van der Waals surface area contributed by atoms with Gasteiger partial charge in [-0.2, -0.15) is 9.78 Å². The predicted octanol–water partition coefficient (Wildman–Crippen LogP) is 2.87. The van der Waals surface area contributed by atoms with Gasteiger partial charge in [-0.3, -0.25) is 4.79 Å². The molecular weight excluding hydrogens is 356 g/mol. The van der Waals surface area contributed by atoms with Gasteiger partial charge in [0.1, 0.15) is 0 Å². The molecule has 6 aliphatic carbocycles. The van der Waals surface area contributed by atoms with E-state index in [4.69, 9.17) is 14.5 Å². The molecule has 1 aliphatic heterocycles. The highest BCUT2D eigenvalue weighted by Crippen LogP contribution is 2.63. The average Bonchev–Trinajstić information content (AvgIpc) is 3.45. The molecule has 7 fully saturated rings. The largest absolute Gasteiger partial charge is 0.355 e. The first-order valence-electron chi connectivity index (χ1n) is 11.7. The van der Waals surface area contributed by atoms with Crippen molar-refractivity contribution in [3.63, 3.8) is 0 Å². The first-order valence-corrected chi connectivity index (χ1v) is 11.7. The molecule has 0 atom stereocenters. The van der Waals surface area contributed by atoms with Crippen LogP contribution in [0, 0.1) is 29.6 Å². The van der Waals surface area contributed by atoms with Gasteiger partial charge >= 0.3 is 0 Å². The van der Waals surface area contributed by atoms with Crippen LogP contribution in [0.5, 0.6) is 0 Å². The normalized spacial score (nSPS) is 49.2. The Bertz CT molecular complexity index is 598. The minimum atomic E-state index is -0.538. The molecule has 0 aromatic carbocycles. The van der Waals surface area contributed by atoms with Gasteiger partial charge in [-0.05, 0) is 75.5 Å². The maximum Gasteiger partial charge on any atom is 0.233 e. The van der Waals surface area contributed by atoms with Crippen molar-refractivity contribution in [1.29, 1.82) is 0 Å². The van der Waals surface area contributed by atoms with Crippen molar-refractivity contribution in [2.45, 2.75) is 88.2 Å². The fraction of sp³-hybridized carbons (Fsp3) is 0.955. The van der Waals surface area contributed by atoms with Crippen molar-refractivity contribution < 1.29 is 19.3 Å². The molecule has 0 aromatic heterocycles. The van der Waals surface area contributed by atoms with E-state index in [1.807, 2.05) is 0 Å². The van der Waals surface area contributed by atoms with Gasteiger partial charge in [0.15, 0.2) is 0 Å². The Morgan fingerprint density at radius 3 is 2.21 bits per heavy atom. The van der Waals surface area contributed by atoms with Crippen molar-refractivity contribution >= 4 is 5.91 Å². The molecule has 2 N–H and O–H groups in total. The molecule has 0 radical (unpaired) electrons. The highest BCUT2D eigenvalue weighted by atomic mass is 17.3. The Hall–Kier alpha value is -0.690. The Labute approximate surface area is 167 Å². The zero-order valence-corrected chi connectivity index (χ0v) is 16.8. The van der Waals surface area contributed by atoms with Crippen LogP contribution in [-0.2, 0) is 19.3 Å². The van der Waals surface area contributed by atoms with Gasteiger partial charge in [0.2, 0.25) is 17.5 Å². The van der Waals surface area contributed by atoms with E-state index in [-0.39, 0.29) is 5.91 Å². The minimum Gasteiger partial charge on any atom is -0.355 e. The molecule has 2 spiro atoms. The Balaban J connectivity index is 1.02. The molecule has 6 saturated carbocycles. The molecule has 0 unspecified atom stereocenters. The zero-order chi connectivity index (χ0) is 18.8. The molecule has 1 heterocycles. The smallest absolute Gasteiger partial charge is 0.233 e. The molecule has 7 rings (SSSR count). The highest BCUT2D eigenvalue weighted by molar-refractivity contribution is 5.78. The number of nitrogens with one attached hydrogen (secondary N) is 2. The summed E-state index contributed by atoms with van der Waals surface area (Å²) in [7, 11) is 0. The van der Waals surface area contributed by atoms with Crippen molar-refractivity contribution in [2.75, 3.05) is 13.1 Å². The van der Waals surface area contributed by atoms with Crippen molar-refractivity contribution in [3.05, 3.63) is 0 Å². The van der Waals surface area contributed by atoms with Crippen LogP contribution in [0.15, 0.2) is 0 Å². The van der Waals surface area contributed by atoms with Crippen LogP contribution in [0.3, 0.4) is 0 Å². The number of ether oxygens (including phenoxy) is 1. The minimum absolute atomic E-state index is 0.122. The number of carbonyl (C=O) groups excluding carboxylic acids is 1. The van der Waals surface area contributed by atoms with E-state index in [1.165, 1.54) is 44.9 Å². The van der Waals surface area contributed by atoms with Crippen LogP contribution in [0.4, 0.5) is 0 Å². The molecule has 1 amide bonds. The third-order valence-corrected chi connectivity index (χ3v) is 8.53. The lowest BCUT2D eigenvalue weighted by molar-refractivity contribution is -0.390. The Morgan fingerprint density at radius 1 is 0.893 bits per heavy atom. The topological polar surface area (TPSA) is 68.8 Å². The summed E-state index contributed by atoms with van der Waals surface area (Å²) < 4.78 is 6.76. The van der Waals surface area contributed by atoms with Crippen LogP contribution in [0.1, 0.15) is 70.6 Å². The molecular formula is C22H34N2O4. The van der Waals surface area contributed by atoms with E-state index in [0.717, 1.165) is 44.1 Å². The van der Waals surface area contributed by atoms with E-state index in [2.05, 4.69) is 10.6 Å². The summed E-state index contributed by atoms with van der Waals surface area (Å²) >= 11 is 0. The summed E-state index contributed by atoms with van der Waals surface area (Å²) in [5.41, 5.74) is 0. The number of carbonyl (C=O) groups is 1. The molecule has 0 aromatic rings. The summed E-state index contributed by atoms with van der Waals surface area (Å²) in [6.45, 7) is 1.22. The molecule has 28 heavy (non-hydrogen) atoms. The number of hydrogen-bond donors (Lipinski definition) is 2. The molecule has 1 saturated heterocycles. The summed E-state index contributed by atoms with van der Waals surface area (Å²) in [6, 6.07) is 0.578. The summed E-state index contributed by atoms with van der Waals surface area (Å²) in [5, 5.41) is 6.37. The predicted molar refractivity (Wildman–Crippen MR) is 102 cm³/mol. The molecule has 6 nitrogen and oxygen atoms in total. The number of hydrogen-bond acceptors (Lipinski definition) is 5. The van der Waals surface area contributed by atoms with Gasteiger partial charge in [-0.15, -0.1) is 0 Å². The first kappa shape index (κ1) is 18.1. The van der Waals surface area contributed by atoms with Crippen molar-refractivity contribution in [2.24, 2.45) is 29.6 Å². The van der Waals surface area contributed by atoms with Crippen LogP contribution in [-0.4, -0.2) is 36.6 Å². The first-order chi connectivity index (χ1) is 13.6. The third kappa shape index (κ3) is 3.11. The Kier molecular flexibility index (Phi) is 4.31. The highest BCUT2D eigenvalue weighted by Gasteiger charge is 2.66. The van der Waals surface area contributed by atoms with Crippen LogP contribution >= 0.6 is 0 Å². The van der Waals surface area contributed by atoms with Gasteiger partial charge in [0, 0.05) is 37.3 Å². The summed E-state index contributed by atoms with van der Waals surface area (Å²) in [5.74, 6) is 2.48. The van der Waals surface area contributed by atoms with Crippen molar-refractivity contribution in [1.82, 2.24) is 10.6 Å². The monoisotopic (exact) mass is 390 g/mol. The second-order valence-electron chi connectivity index (χ2n) is 10.6. The maximum absolute atomic E-state index is 12.0. The van der Waals surface area contributed by atoms with Crippen LogP contribution < -0.4 is 10.6 Å². The van der Waals surface area contributed by atoms with E-state index < -0.39 is 11.6 Å². The second kappa shape index (κ2) is 6.66. The fourth-order valence-corrected chi connectivity index (χ4v) is 6.96. The standard InChI is InChI=1S/C22H34N2O4/c25-20(13-23-19-1-2-19)24-12-14-3-5-21(6-4-14)26-22(28-27-21)17-8-15-7-16(10-17)11-18(22)9-15/h14-19,23H,1-13H2,(H,24,25). The maximum atomic E-state index is 12.0. The third-order valence-electron chi connectivity index (χ3n) is 8.53. The average molecular weight is 391 g/mol. The van der Waals surface area contributed by atoms with Gasteiger partial charge in [-0.25, -0.2) is 0 Å². The molecule has 6 heteroatoms. The van der Waals surface area contributed by atoms with Crippen LogP contribution in [0.2, 0.25) is 0 Å². The van der Waals surface area contributed by atoms with E-state index in [0.29, 0.717) is 30.3 Å². The van der Waals surface area contributed by atoms with Crippen LogP contribution in [0.25, 0.3) is 0 Å². The van der Waals surface area contributed by atoms with E-state index in [1.54, 1.807) is 0 Å². The lowest BCUT2D eigenvalue weighted by Gasteiger charge is -2.57. The quantitative estimate of drug-likeness (QED) is 0.707. The van der Waals surface area contributed by atoms with Gasteiger partial charge < -0.3 is 15.4 Å². The lowest BCUT2D eigenvalue weighted by Crippen LogP contribution is -2.59. The molecule has 156 valence electrons. The molecule has 4 bridgehead atoms. The zero-order valence-electron chi connectivity index (χ0n) is 16.8. The Morgan fingerprint density at radius 2 is 1.57 bits per heavy atom. The summed E-state index contributed by atoms with van der Waals surface area (Å²) in [6.07, 6.45) is 12.7. The van der Waals surface area contributed by atoms with E-state index in [9.17, 15) is 4.79 Å². The van der Waals surface area contributed by atoms with Gasteiger partial charge in [0.05, 0.1) is 6.54 Å². The van der Waals surface area contributed by atoms with E-state index >= 15 is 0 Å². The van der Waals surface area contributed by atoms with Gasteiger partial charge in [0.25, 0.3) is 0 Å². The summed E-state index contributed by atoms with van der Waals surface area (Å²) in [4.78, 5) is 24.1. The number of amides is 1. The fourth-order valence-electron chi connectivity index (χ4n) is 6.96. The van der Waals surface area contributed by atoms with Crippen molar-refractivity contribution in [3.8, 4) is 0 Å². The second-order valence-corrected chi connectivity index (χ2v) is 10.6. The lowest BCUT2D eigenvalue weighted by atomic mass is 9.53.